The lowest BCUT2D eigenvalue weighted by molar-refractivity contribution is -0.120. The molecule has 35 heavy (non-hydrogen) atoms. The van der Waals surface area contributed by atoms with Crippen LogP contribution in [0.4, 0.5) is 5.69 Å². The fraction of sp³-hybridized carbons (Fsp3) is 0.367. The number of piperidine rings is 1. The van der Waals surface area contributed by atoms with E-state index in [2.05, 4.69) is 89.3 Å². The molecule has 1 heterocycles. The number of hydrogen-bond acceptors (Lipinski definition) is 4. The number of amides is 1. The standard InChI is InChI=1S/C30H35N3OS/c1-22-8-10-23(11-9-22)24-12-14-26(15-13-24)30(29(31)34)21-28(30)25-6-5-7-27(20-25)32-35-19-18-33-16-3-2-4-17-33/h5-15,20,28,32H,2-4,16-19,21H2,1H3,(H2,31,34). The average Bonchev–Trinajstić information content (AvgIpc) is 3.66. The minimum atomic E-state index is -0.619. The maximum Gasteiger partial charge on any atom is 0.228 e. The summed E-state index contributed by atoms with van der Waals surface area (Å²) in [5.74, 6) is 0.942. The number of primary amides is 1. The van der Waals surface area contributed by atoms with Gasteiger partial charge < -0.3 is 15.4 Å². The van der Waals surface area contributed by atoms with E-state index >= 15 is 0 Å². The van der Waals surface area contributed by atoms with Crippen molar-refractivity contribution in [2.75, 3.05) is 30.1 Å². The molecule has 3 aromatic carbocycles. The molecule has 2 unspecified atom stereocenters. The van der Waals surface area contributed by atoms with Gasteiger partial charge in [0.15, 0.2) is 0 Å². The number of hydrogen-bond donors (Lipinski definition) is 2. The van der Waals surface area contributed by atoms with Gasteiger partial charge in [-0.3, -0.25) is 4.79 Å². The van der Waals surface area contributed by atoms with Gasteiger partial charge in [-0.2, -0.15) is 0 Å². The largest absolute Gasteiger partial charge is 0.369 e. The van der Waals surface area contributed by atoms with Crippen LogP contribution in [-0.4, -0.2) is 36.2 Å². The molecule has 1 saturated heterocycles. The molecule has 5 heteroatoms. The topological polar surface area (TPSA) is 58.4 Å². The van der Waals surface area contributed by atoms with E-state index < -0.39 is 5.41 Å². The Morgan fingerprint density at radius 3 is 2.37 bits per heavy atom. The Bertz CT molecular complexity index is 1150. The Balaban J connectivity index is 1.25. The van der Waals surface area contributed by atoms with E-state index in [9.17, 15) is 4.79 Å². The molecule has 2 aliphatic rings. The molecule has 3 aromatic rings. The molecule has 1 saturated carbocycles. The van der Waals surface area contributed by atoms with Crippen LogP contribution < -0.4 is 10.5 Å². The van der Waals surface area contributed by atoms with Crippen molar-refractivity contribution in [2.24, 2.45) is 5.73 Å². The van der Waals surface area contributed by atoms with Gasteiger partial charge in [0.05, 0.1) is 5.41 Å². The van der Waals surface area contributed by atoms with Crippen molar-refractivity contribution in [2.45, 2.75) is 43.9 Å². The zero-order chi connectivity index (χ0) is 24.3. The maximum absolute atomic E-state index is 12.7. The van der Waals surface area contributed by atoms with Gasteiger partial charge in [-0.05, 0) is 73.7 Å². The van der Waals surface area contributed by atoms with Gasteiger partial charge in [0.2, 0.25) is 5.91 Å². The smallest absolute Gasteiger partial charge is 0.228 e. The molecule has 3 N–H and O–H groups in total. The van der Waals surface area contributed by atoms with Gasteiger partial charge in [0, 0.05) is 23.9 Å². The van der Waals surface area contributed by atoms with Crippen LogP contribution in [0.3, 0.4) is 0 Å². The molecule has 1 amide bonds. The summed E-state index contributed by atoms with van der Waals surface area (Å²) in [7, 11) is 0. The highest BCUT2D eigenvalue weighted by atomic mass is 32.2. The minimum absolute atomic E-state index is 0.116. The van der Waals surface area contributed by atoms with Gasteiger partial charge in [-0.15, -0.1) is 0 Å². The number of aryl methyl sites for hydroxylation is 1. The highest BCUT2D eigenvalue weighted by Crippen LogP contribution is 2.60. The number of rotatable bonds is 9. The lowest BCUT2D eigenvalue weighted by Gasteiger charge is -2.26. The van der Waals surface area contributed by atoms with E-state index in [-0.39, 0.29) is 11.8 Å². The van der Waals surface area contributed by atoms with Crippen LogP contribution in [0.25, 0.3) is 11.1 Å². The molecule has 1 aliphatic heterocycles. The summed E-state index contributed by atoms with van der Waals surface area (Å²) in [6, 6.07) is 25.4. The number of carbonyl (C=O) groups is 1. The van der Waals surface area contributed by atoms with Crippen molar-refractivity contribution in [3.05, 3.63) is 89.5 Å². The van der Waals surface area contributed by atoms with Crippen LogP contribution in [0.1, 0.15) is 48.3 Å². The summed E-state index contributed by atoms with van der Waals surface area (Å²) < 4.78 is 3.51. The predicted octanol–water partition coefficient (Wildman–Crippen LogP) is 6.12. The SMILES string of the molecule is Cc1ccc(-c2ccc(C3(C(N)=O)CC3c3cccc(NSCCN4CCCCC4)c3)cc2)cc1. The third-order valence-electron chi connectivity index (χ3n) is 7.62. The molecule has 5 rings (SSSR count). The second-order valence-electron chi connectivity index (χ2n) is 10.0. The molecule has 0 radical (unpaired) electrons. The highest BCUT2D eigenvalue weighted by molar-refractivity contribution is 8.00. The Hall–Kier alpha value is -2.76. The molecule has 0 spiro atoms. The van der Waals surface area contributed by atoms with Crippen LogP contribution in [0.15, 0.2) is 72.8 Å². The summed E-state index contributed by atoms with van der Waals surface area (Å²) in [5.41, 5.74) is 12.2. The summed E-state index contributed by atoms with van der Waals surface area (Å²) in [6.07, 6.45) is 4.80. The lowest BCUT2D eigenvalue weighted by Crippen LogP contribution is -2.31. The monoisotopic (exact) mass is 485 g/mol. The maximum atomic E-state index is 12.7. The zero-order valence-electron chi connectivity index (χ0n) is 20.5. The van der Waals surface area contributed by atoms with Crippen LogP contribution in [0.2, 0.25) is 0 Å². The Labute approximate surface area is 213 Å². The van der Waals surface area contributed by atoms with E-state index in [1.54, 1.807) is 11.9 Å². The molecule has 1 aliphatic carbocycles. The van der Waals surface area contributed by atoms with Crippen molar-refractivity contribution >= 4 is 23.5 Å². The molecule has 4 nitrogen and oxygen atoms in total. The van der Waals surface area contributed by atoms with Crippen LogP contribution in [-0.2, 0) is 10.2 Å². The number of anilines is 1. The molecular weight excluding hydrogens is 450 g/mol. The van der Waals surface area contributed by atoms with Crippen molar-refractivity contribution < 1.29 is 4.79 Å². The molecule has 182 valence electrons. The quantitative estimate of drug-likeness (QED) is 0.283. The van der Waals surface area contributed by atoms with E-state index in [0.717, 1.165) is 35.5 Å². The first-order valence-electron chi connectivity index (χ1n) is 12.7. The third-order valence-corrected chi connectivity index (χ3v) is 8.39. The van der Waals surface area contributed by atoms with Crippen molar-refractivity contribution in [3.63, 3.8) is 0 Å². The summed E-state index contributed by atoms with van der Waals surface area (Å²) in [6.45, 7) is 5.69. The number of likely N-dealkylation sites (tertiary alicyclic amines) is 1. The Morgan fingerprint density at radius 2 is 1.69 bits per heavy atom. The fourth-order valence-electron chi connectivity index (χ4n) is 5.42. The summed E-state index contributed by atoms with van der Waals surface area (Å²) in [5, 5.41) is 0. The normalized spacial score (nSPS) is 22.0. The first kappa shape index (κ1) is 24.0. The van der Waals surface area contributed by atoms with E-state index in [1.807, 2.05) is 0 Å². The number of nitrogens with zero attached hydrogens (tertiary/aromatic N) is 1. The van der Waals surface area contributed by atoms with Gasteiger partial charge in [0.25, 0.3) is 0 Å². The second kappa shape index (κ2) is 10.5. The molecular formula is C30H35N3OS. The Morgan fingerprint density at radius 1 is 1.00 bits per heavy atom. The van der Waals surface area contributed by atoms with E-state index in [0.29, 0.717) is 0 Å². The zero-order valence-corrected chi connectivity index (χ0v) is 21.3. The highest BCUT2D eigenvalue weighted by Gasteiger charge is 2.60. The van der Waals surface area contributed by atoms with Crippen LogP contribution in [0.5, 0.6) is 0 Å². The first-order valence-corrected chi connectivity index (χ1v) is 13.7. The van der Waals surface area contributed by atoms with Gasteiger partial charge >= 0.3 is 0 Å². The van der Waals surface area contributed by atoms with Gasteiger partial charge in [-0.25, -0.2) is 0 Å². The number of nitrogens with two attached hydrogens (primary N) is 1. The van der Waals surface area contributed by atoms with Crippen LogP contribution in [0, 0.1) is 6.92 Å². The number of benzene rings is 3. The molecule has 0 aromatic heterocycles. The molecule has 0 bridgehead atoms. The average molecular weight is 486 g/mol. The second-order valence-corrected chi connectivity index (χ2v) is 10.9. The van der Waals surface area contributed by atoms with Crippen molar-refractivity contribution in [3.8, 4) is 11.1 Å². The molecule has 2 atom stereocenters. The fourth-order valence-corrected chi connectivity index (χ4v) is 6.16. The first-order chi connectivity index (χ1) is 17.1. The van der Waals surface area contributed by atoms with E-state index in [4.69, 9.17) is 5.73 Å². The van der Waals surface area contributed by atoms with Crippen molar-refractivity contribution in [1.29, 1.82) is 0 Å². The predicted molar refractivity (Wildman–Crippen MR) is 148 cm³/mol. The van der Waals surface area contributed by atoms with Gasteiger partial charge in [-0.1, -0.05) is 84.6 Å². The lowest BCUT2D eigenvalue weighted by atomic mass is 9.88. The van der Waals surface area contributed by atoms with E-state index in [1.165, 1.54) is 49.0 Å². The third kappa shape index (κ3) is 5.26. The number of carbonyl (C=O) groups excluding carboxylic acids is 1. The Kier molecular flexibility index (Phi) is 7.17. The summed E-state index contributed by atoms with van der Waals surface area (Å²) in [4.78, 5) is 15.3. The molecule has 2 fully saturated rings. The van der Waals surface area contributed by atoms with Gasteiger partial charge in [0.1, 0.15) is 0 Å². The van der Waals surface area contributed by atoms with Crippen molar-refractivity contribution in [1.82, 2.24) is 4.90 Å². The minimum Gasteiger partial charge on any atom is -0.369 e. The summed E-state index contributed by atoms with van der Waals surface area (Å²) >= 11 is 1.76. The van der Waals surface area contributed by atoms with Crippen LogP contribution >= 0.6 is 11.9 Å². The number of nitrogens with one attached hydrogen (secondary N) is 1.